The van der Waals surface area contributed by atoms with Crippen molar-refractivity contribution in [3.05, 3.63) is 120 Å². The topological polar surface area (TPSA) is 154 Å². The van der Waals surface area contributed by atoms with E-state index in [0.717, 1.165) is 89.4 Å². The number of aryl methyl sites for hydroxylation is 4. The highest BCUT2D eigenvalue weighted by Gasteiger charge is 2.41. The van der Waals surface area contributed by atoms with E-state index in [1.54, 1.807) is 43.1 Å². The molecular formula is C43H46N12O. The van der Waals surface area contributed by atoms with Crippen molar-refractivity contribution in [2.75, 3.05) is 57.2 Å². The van der Waals surface area contributed by atoms with Gasteiger partial charge in [0.15, 0.2) is 11.6 Å². The van der Waals surface area contributed by atoms with Crippen LogP contribution in [-0.4, -0.2) is 74.2 Å². The average molecular weight is 747 g/mol. The van der Waals surface area contributed by atoms with Gasteiger partial charge in [-0.3, -0.25) is 24.8 Å². The fraction of sp³-hybridized carbons (Fsp3) is 0.279. The molecular weight excluding hydrogens is 701 g/mol. The summed E-state index contributed by atoms with van der Waals surface area (Å²) in [6.45, 7) is 12.2. The molecule has 13 heteroatoms. The number of hydrogen-bond acceptors (Lipinski definition) is 11. The number of nitrogens with one attached hydrogen (secondary N) is 2. The van der Waals surface area contributed by atoms with Crippen LogP contribution in [0, 0.1) is 27.7 Å². The van der Waals surface area contributed by atoms with Gasteiger partial charge in [0.1, 0.15) is 0 Å². The molecule has 13 nitrogen and oxygen atoms in total. The van der Waals surface area contributed by atoms with E-state index in [2.05, 4.69) is 72.4 Å². The van der Waals surface area contributed by atoms with Gasteiger partial charge < -0.3 is 26.2 Å². The molecule has 10 rings (SSSR count). The number of nitrogens with two attached hydrogens (primary N) is 1. The fourth-order valence-electron chi connectivity index (χ4n) is 7.81. The number of carbonyl (C=O) groups is 1. The minimum absolute atomic E-state index is 0.112. The zero-order chi connectivity index (χ0) is 38.8. The molecule has 10 heterocycles. The Labute approximate surface area is 327 Å². The Balaban J connectivity index is 0.000000140. The molecule has 0 radical (unpaired) electrons. The molecule has 0 aromatic carbocycles. The van der Waals surface area contributed by atoms with Crippen molar-refractivity contribution in [1.82, 2.24) is 29.9 Å². The molecule has 284 valence electrons. The Kier molecular flexibility index (Phi) is 10.1. The summed E-state index contributed by atoms with van der Waals surface area (Å²) in [5.41, 5.74) is 17.3. The first kappa shape index (κ1) is 36.4. The maximum Gasteiger partial charge on any atom is 0.327 e. The highest BCUT2D eigenvalue weighted by molar-refractivity contribution is 6.04. The summed E-state index contributed by atoms with van der Waals surface area (Å²) in [5, 5.41) is 6.55. The standard InChI is InChI=1S/C22H22N6O.C16H18N4.C5H6N2/c1-14-10-19-21(26-20(14)16-5-8-24-15(2)11-16)28(18-6-9-27(19)13-18)22(29)25-17-4-3-7-23-12-17;1-10-7-14-16(18-13-4-6-20(14)9-13)19-15(10)12-3-5-17-11(2)8-12;6-5-2-1-3-7-4-5/h3-5,7-8,10-12,18H,6,9,13H2,1-2H3,(H,25,29);3,5,7-8,13H,4,6,9H2,1-2H3,(H,18,19);1-4H,6H2/t18-;13-;/m00./s1. The van der Waals surface area contributed by atoms with Crippen molar-refractivity contribution in [3.63, 3.8) is 0 Å². The van der Waals surface area contributed by atoms with Crippen LogP contribution in [-0.2, 0) is 0 Å². The second-order valence-electron chi connectivity index (χ2n) is 14.7. The van der Waals surface area contributed by atoms with E-state index >= 15 is 0 Å². The molecule has 4 aliphatic heterocycles. The normalized spacial score (nSPS) is 17.0. The van der Waals surface area contributed by atoms with Crippen LogP contribution in [0.2, 0.25) is 0 Å². The van der Waals surface area contributed by atoms with Gasteiger partial charge in [-0.25, -0.2) is 14.8 Å². The van der Waals surface area contributed by atoms with Crippen LogP contribution in [0.15, 0.2) is 97.8 Å². The molecule has 0 saturated carbocycles. The molecule has 2 saturated heterocycles. The third-order valence-corrected chi connectivity index (χ3v) is 10.5. The number of rotatable bonds is 3. The largest absolute Gasteiger partial charge is 0.397 e. The van der Waals surface area contributed by atoms with Gasteiger partial charge in [-0.2, -0.15) is 0 Å². The Morgan fingerprint density at radius 1 is 0.750 bits per heavy atom. The van der Waals surface area contributed by atoms with Crippen LogP contribution in [0.3, 0.4) is 0 Å². The van der Waals surface area contributed by atoms with E-state index < -0.39 is 0 Å². The Hall–Kier alpha value is -6.63. The van der Waals surface area contributed by atoms with Gasteiger partial charge in [0.2, 0.25) is 0 Å². The number of anilines is 6. The summed E-state index contributed by atoms with van der Waals surface area (Å²) in [7, 11) is 0. The van der Waals surface area contributed by atoms with Crippen LogP contribution in [0.4, 0.5) is 39.2 Å². The molecule has 4 N–H and O–H groups in total. The highest BCUT2D eigenvalue weighted by Crippen LogP contribution is 2.42. The van der Waals surface area contributed by atoms with E-state index in [9.17, 15) is 4.79 Å². The lowest BCUT2D eigenvalue weighted by Crippen LogP contribution is -2.48. The number of nitrogens with zero attached hydrogens (tertiary/aromatic N) is 9. The quantitative estimate of drug-likeness (QED) is 0.168. The summed E-state index contributed by atoms with van der Waals surface area (Å²) in [5.74, 6) is 1.75. The van der Waals surface area contributed by atoms with E-state index in [4.69, 9.17) is 15.7 Å². The van der Waals surface area contributed by atoms with Crippen molar-refractivity contribution in [1.29, 1.82) is 0 Å². The first-order valence-corrected chi connectivity index (χ1v) is 19.0. The van der Waals surface area contributed by atoms with Crippen LogP contribution in [0.5, 0.6) is 0 Å². The SMILES string of the molecule is Cc1cc(-c2nc3c(cc2C)N2CC[C@@H](C2)N3)ccn1.Cc1cc(-c2nc3c(cc2C)N2CC[C@@H](C2)N3C(=O)Nc2cccnc2)ccn1.Nc1cccnc1. The van der Waals surface area contributed by atoms with Gasteiger partial charge in [0, 0.05) is 85.7 Å². The third-order valence-electron chi connectivity index (χ3n) is 10.5. The second-order valence-corrected chi connectivity index (χ2v) is 14.7. The smallest absolute Gasteiger partial charge is 0.327 e. The molecule has 2 atom stereocenters. The Morgan fingerprint density at radius 3 is 2.02 bits per heavy atom. The molecule has 6 aromatic rings. The molecule has 0 spiro atoms. The summed E-state index contributed by atoms with van der Waals surface area (Å²) >= 11 is 0. The number of nitrogen functional groups attached to an aromatic ring is 1. The van der Waals surface area contributed by atoms with Gasteiger partial charge in [-0.05, 0) is 112 Å². The van der Waals surface area contributed by atoms with Crippen molar-refractivity contribution in [2.45, 2.75) is 52.6 Å². The van der Waals surface area contributed by atoms with Crippen molar-refractivity contribution in [3.8, 4) is 22.5 Å². The molecule has 4 aliphatic rings. The van der Waals surface area contributed by atoms with Crippen molar-refractivity contribution in [2.24, 2.45) is 0 Å². The summed E-state index contributed by atoms with van der Waals surface area (Å²) in [6, 6.07) is 20.3. The summed E-state index contributed by atoms with van der Waals surface area (Å²) in [4.78, 5) is 46.1. The fourth-order valence-corrected chi connectivity index (χ4v) is 7.81. The average Bonchev–Trinajstić information content (AvgIpc) is 3.81. The Bertz CT molecular complexity index is 2360. The molecule has 2 fully saturated rings. The van der Waals surface area contributed by atoms with E-state index in [1.807, 2.05) is 55.3 Å². The zero-order valence-electron chi connectivity index (χ0n) is 32.1. The zero-order valence-corrected chi connectivity index (χ0v) is 32.1. The molecule has 6 aromatic heterocycles. The number of hydrogen-bond donors (Lipinski definition) is 3. The Morgan fingerprint density at radius 2 is 1.39 bits per heavy atom. The van der Waals surface area contributed by atoms with Gasteiger partial charge >= 0.3 is 6.03 Å². The maximum atomic E-state index is 13.2. The van der Waals surface area contributed by atoms with E-state index in [-0.39, 0.29) is 12.1 Å². The molecule has 0 aliphatic carbocycles. The van der Waals surface area contributed by atoms with Crippen LogP contribution in [0.1, 0.15) is 35.4 Å². The predicted molar refractivity (Wildman–Crippen MR) is 223 cm³/mol. The monoisotopic (exact) mass is 746 g/mol. The maximum absolute atomic E-state index is 13.2. The van der Waals surface area contributed by atoms with Crippen molar-refractivity contribution < 1.29 is 4.79 Å². The predicted octanol–water partition coefficient (Wildman–Crippen LogP) is 7.21. The molecule has 56 heavy (non-hydrogen) atoms. The van der Waals surface area contributed by atoms with E-state index in [0.29, 0.717) is 17.4 Å². The van der Waals surface area contributed by atoms with E-state index in [1.165, 1.54) is 17.7 Å². The summed E-state index contributed by atoms with van der Waals surface area (Å²) in [6.07, 6.45) is 12.4. The third kappa shape index (κ3) is 7.65. The number of carbonyl (C=O) groups excluding carboxylic acids is 1. The van der Waals surface area contributed by atoms with Gasteiger partial charge in [-0.1, -0.05) is 0 Å². The number of fused-ring (bicyclic) bond motifs is 8. The van der Waals surface area contributed by atoms with Gasteiger partial charge in [-0.15, -0.1) is 0 Å². The number of aromatic nitrogens is 6. The highest BCUT2D eigenvalue weighted by atomic mass is 16.2. The van der Waals surface area contributed by atoms with Gasteiger partial charge in [0.25, 0.3) is 0 Å². The number of amides is 2. The van der Waals surface area contributed by atoms with Crippen LogP contribution < -0.4 is 31.1 Å². The summed E-state index contributed by atoms with van der Waals surface area (Å²) < 4.78 is 0. The molecule has 2 amide bonds. The lowest BCUT2D eigenvalue weighted by molar-refractivity contribution is 0.255. The van der Waals surface area contributed by atoms with Crippen LogP contribution >= 0.6 is 0 Å². The number of urea groups is 1. The first-order chi connectivity index (χ1) is 27.2. The minimum Gasteiger partial charge on any atom is -0.397 e. The number of pyridine rings is 6. The first-order valence-electron chi connectivity index (χ1n) is 19.0. The lowest BCUT2D eigenvalue weighted by Gasteiger charge is -2.36. The lowest BCUT2D eigenvalue weighted by atomic mass is 10.0. The second kappa shape index (κ2) is 15.6. The van der Waals surface area contributed by atoms with Crippen LogP contribution in [0.25, 0.3) is 22.5 Å². The minimum atomic E-state index is -0.168. The molecule has 0 unspecified atom stereocenters. The molecule has 4 bridgehead atoms. The van der Waals surface area contributed by atoms with Crippen molar-refractivity contribution >= 4 is 40.4 Å². The van der Waals surface area contributed by atoms with Gasteiger partial charge in [0.05, 0.1) is 46.4 Å².